The molecule has 0 radical (unpaired) electrons. The van der Waals surface area contributed by atoms with Crippen molar-refractivity contribution < 1.29 is 9.53 Å². The summed E-state index contributed by atoms with van der Waals surface area (Å²) in [5.41, 5.74) is 4.53. The average Bonchev–Trinajstić information content (AvgIpc) is 2.76. The molecule has 0 spiro atoms. The first-order valence-electron chi connectivity index (χ1n) is 7.19. The molecule has 0 bridgehead atoms. The second-order valence-electron chi connectivity index (χ2n) is 6.51. The molecular formula is C14H22N4O4. The van der Waals surface area contributed by atoms with Gasteiger partial charge in [0.25, 0.3) is 5.56 Å². The summed E-state index contributed by atoms with van der Waals surface area (Å²) in [5, 5.41) is 2.80. The molecule has 122 valence electrons. The summed E-state index contributed by atoms with van der Waals surface area (Å²) in [5.74, 6) is -0.0899. The predicted octanol–water partition coefficient (Wildman–Crippen LogP) is -0.686. The minimum Gasteiger partial charge on any atom is -0.353 e. The summed E-state index contributed by atoms with van der Waals surface area (Å²) < 4.78 is 7.04. The Morgan fingerprint density at radius 1 is 1.50 bits per heavy atom. The third kappa shape index (κ3) is 3.63. The van der Waals surface area contributed by atoms with E-state index in [0.29, 0.717) is 6.42 Å². The Hall–Kier alpha value is -1.93. The summed E-state index contributed by atoms with van der Waals surface area (Å²) >= 11 is 0. The van der Waals surface area contributed by atoms with Gasteiger partial charge in [0.2, 0.25) is 5.91 Å². The van der Waals surface area contributed by atoms with E-state index >= 15 is 0 Å². The van der Waals surface area contributed by atoms with Crippen LogP contribution in [0.15, 0.2) is 21.9 Å². The highest BCUT2D eigenvalue weighted by Gasteiger charge is 2.35. The molecule has 1 fully saturated rings. The maximum Gasteiger partial charge on any atom is 0.330 e. The van der Waals surface area contributed by atoms with E-state index in [2.05, 4.69) is 10.3 Å². The van der Waals surface area contributed by atoms with Crippen molar-refractivity contribution in [1.82, 2.24) is 14.9 Å². The SMILES string of the molecule is CC(C)(C)C(=O)NC[C@H]1O[C@@H](n2ccc(=O)[nH]c2=O)C[C@@H]1N. The molecule has 8 nitrogen and oxygen atoms in total. The first-order chi connectivity index (χ1) is 10.2. The summed E-state index contributed by atoms with van der Waals surface area (Å²) in [7, 11) is 0. The first kappa shape index (κ1) is 16.4. The van der Waals surface area contributed by atoms with Crippen molar-refractivity contribution in [3.63, 3.8) is 0 Å². The lowest BCUT2D eigenvalue weighted by atomic mass is 9.95. The first-order valence-corrected chi connectivity index (χ1v) is 7.19. The van der Waals surface area contributed by atoms with Gasteiger partial charge in [-0.3, -0.25) is 19.1 Å². The fourth-order valence-electron chi connectivity index (χ4n) is 2.23. The number of ether oxygens (including phenoxy) is 1. The third-order valence-corrected chi connectivity index (χ3v) is 3.59. The van der Waals surface area contributed by atoms with Gasteiger partial charge in [0.15, 0.2) is 0 Å². The van der Waals surface area contributed by atoms with E-state index in [0.717, 1.165) is 0 Å². The molecule has 1 saturated heterocycles. The van der Waals surface area contributed by atoms with E-state index in [9.17, 15) is 14.4 Å². The molecule has 1 aromatic rings. The number of rotatable bonds is 3. The van der Waals surface area contributed by atoms with Crippen LogP contribution in [0.5, 0.6) is 0 Å². The number of H-pyrrole nitrogens is 1. The van der Waals surface area contributed by atoms with E-state index in [1.807, 2.05) is 20.8 Å². The molecule has 2 rings (SSSR count). The maximum atomic E-state index is 11.9. The number of hydrogen-bond acceptors (Lipinski definition) is 5. The van der Waals surface area contributed by atoms with Gasteiger partial charge in [-0.25, -0.2) is 4.79 Å². The number of carbonyl (C=O) groups is 1. The van der Waals surface area contributed by atoms with Crippen molar-refractivity contribution in [2.45, 2.75) is 45.6 Å². The van der Waals surface area contributed by atoms with Crippen molar-refractivity contribution in [3.8, 4) is 0 Å². The number of aromatic nitrogens is 2. The number of nitrogens with one attached hydrogen (secondary N) is 2. The molecule has 0 aromatic carbocycles. The Morgan fingerprint density at radius 3 is 2.77 bits per heavy atom. The lowest BCUT2D eigenvalue weighted by Crippen LogP contribution is -2.44. The fourth-order valence-corrected chi connectivity index (χ4v) is 2.23. The lowest BCUT2D eigenvalue weighted by molar-refractivity contribution is -0.129. The summed E-state index contributed by atoms with van der Waals surface area (Å²) in [6.07, 6.45) is 0.891. The minimum atomic E-state index is -0.545. The molecule has 4 N–H and O–H groups in total. The van der Waals surface area contributed by atoms with Crippen molar-refractivity contribution in [2.75, 3.05) is 6.54 Å². The Bertz CT molecular complexity index is 658. The average molecular weight is 310 g/mol. The molecule has 0 unspecified atom stereocenters. The highest BCUT2D eigenvalue weighted by molar-refractivity contribution is 5.81. The van der Waals surface area contributed by atoms with E-state index in [4.69, 9.17) is 10.5 Å². The van der Waals surface area contributed by atoms with E-state index in [-0.39, 0.29) is 24.6 Å². The lowest BCUT2D eigenvalue weighted by Gasteiger charge is -2.21. The second kappa shape index (κ2) is 6.05. The van der Waals surface area contributed by atoms with Gasteiger partial charge in [-0.05, 0) is 0 Å². The molecule has 0 saturated carbocycles. The van der Waals surface area contributed by atoms with Gasteiger partial charge in [-0.15, -0.1) is 0 Å². The van der Waals surface area contributed by atoms with Gasteiger partial charge < -0.3 is 15.8 Å². The number of hydrogen-bond donors (Lipinski definition) is 3. The van der Waals surface area contributed by atoms with Crippen molar-refractivity contribution >= 4 is 5.91 Å². The second-order valence-corrected chi connectivity index (χ2v) is 6.51. The highest BCUT2D eigenvalue weighted by atomic mass is 16.5. The number of amides is 1. The largest absolute Gasteiger partial charge is 0.353 e. The Labute approximate surface area is 127 Å². The van der Waals surface area contributed by atoms with Gasteiger partial charge in [-0.2, -0.15) is 0 Å². The smallest absolute Gasteiger partial charge is 0.330 e. The normalized spacial score (nSPS) is 25.2. The zero-order chi connectivity index (χ0) is 16.5. The van der Waals surface area contributed by atoms with Crippen LogP contribution in [0.3, 0.4) is 0 Å². The molecule has 1 amide bonds. The van der Waals surface area contributed by atoms with Crippen LogP contribution in [0.4, 0.5) is 0 Å². The van der Waals surface area contributed by atoms with Crippen LogP contribution in [-0.2, 0) is 9.53 Å². The predicted molar refractivity (Wildman–Crippen MR) is 80.3 cm³/mol. The molecule has 3 atom stereocenters. The highest BCUT2D eigenvalue weighted by Crippen LogP contribution is 2.26. The number of nitrogens with zero attached hydrogens (tertiary/aromatic N) is 1. The van der Waals surface area contributed by atoms with Crippen molar-refractivity contribution in [1.29, 1.82) is 0 Å². The molecule has 8 heteroatoms. The Kier molecular flexibility index (Phi) is 4.52. The standard InChI is InChI=1S/C14H22N4O4/c1-14(2,3)12(20)16-7-9-8(15)6-11(22-9)18-5-4-10(19)17-13(18)21/h4-5,8-9,11H,6-7,15H2,1-3H3,(H,16,20)(H,17,19,21)/t8-,9+,11+/m0/s1. The molecule has 0 aliphatic carbocycles. The Balaban J connectivity index is 2.02. The molecule has 1 aliphatic heterocycles. The quantitative estimate of drug-likeness (QED) is 0.683. The van der Waals surface area contributed by atoms with Crippen LogP contribution in [0.2, 0.25) is 0 Å². The molecule has 2 heterocycles. The zero-order valence-electron chi connectivity index (χ0n) is 13.0. The number of aromatic amines is 1. The van der Waals surface area contributed by atoms with Gasteiger partial charge in [0.1, 0.15) is 6.23 Å². The van der Waals surface area contributed by atoms with Gasteiger partial charge in [0.05, 0.1) is 6.10 Å². The molecular weight excluding hydrogens is 288 g/mol. The summed E-state index contributed by atoms with van der Waals surface area (Å²) in [4.78, 5) is 36.9. The molecule has 22 heavy (non-hydrogen) atoms. The molecule has 1 aromatic heterocycles. The Morgan fingerprint density at radius 2 is 2.18 bits per heavy atom. The van der Waals surface area contributed by atoms with Gasteiger partial charge >= 0.3 is 5.69 Å². The minimum absolute atomic E-state index is 0.0899. The van der Waals surface area contributed by atoms with Gasteiger partial charge in [-0.1, -0.05) is 20.8 Å². The third-order valence-electron chi connectivity index (χ3n) is 3.59. The van der Waals surface area contributed by atoms with Crippen LogP contribution < -0.4 is 22.3 Å². The van der Waals surface area contributed by atoms with Crippen molar-refractivity contribution in [2.24, 2.45) is 11.1 Å². The molecule has 1 aliphatic rings. The summed E-state index contributed by atoms with van der Waals surface area (Å²) in [6, 6.07) is 0.953. The van der Waals surface area contributed by atoms with E-state index in [1.54, 1.807) is 0 Å². The fraction of sp³-hybridized carbons (Fsp3) is 0.643. The van der Waals surface area contributed by atoms with Crippen LogP contribution >= 0.6 is 0 Å². The monoisotopic (exact) mass is 310 g/mol. The summed E-state index contributed by atoms with van der Waals surface area (Å²) in [6.45, 7) is 5.74. The van der Waals surface area contributed by atoms with Crippen LogP contribution in [0.25, 0.3) is 0 Å². The zero-order valence-corrected chi connectivity index (χ0v) is 13.0. The van der Waals surface area contributed by atoms with Crippen LogP contribution in [0.1, 0.15) is 33.4 Å². The number of carbonyl (C=O) groups excluding carboxylic acids is 1. The van der Waals surface area contributed by atoms with Crippen molar-refractivity contribution in [3.05, 3.63) is 33.1 Å². The van der Waals surface area contributed by atoms with Crippen LogP contribution in [-0.4, -0.2) is 34.1 Å². The van der Waals surface area contributed by atoms with Gasteiger partial charge in [0, 0.05) is 36.7 Å². The topological polar surface area (TPSA) is 119 Å². The van der Waals surface area contributed by atoms with E-state index in [1.165, 1.54) is 16.8 Å². The van der Waals surface area contributed by atoms with E-state index < -0.39 is 22.9 Å². The number of nitrogens with two attached hydrogens (primary N) is 1. The van der Waals surface area contributed by atoms with Crippen LogP contribution in [0, 0.1) is 5.41 Å². The maximum absolute atomic E-state index is 11.9.